The van der Waals surface area contributed by atoms with Crippen LogP contribution in [0.15, 0.2) is 16.0 Å². The smallest absolute Gasteiger partial charge is 0.251 e. The second-order valence-corrected chi connectivity index (χ2v) is 4.82. The van der Waals surface area contributed by atoms with Crippen LogP contribution >= 0.6 is 11.8 Å². The monoisotopic (exact) mass is 242 g/mol. The SMILES string of the molecule is Cc1cc(=O)[nH]c(SC(C)CC(=O)NN)n1. The lowest BCUT2D eigenvalue weighted by molar-refractivity contribution is -0.121. The molecule has 0 radical (unpaired) electrons. The molecule has 0 bridgehead atoms. The Morgan fingerprint density at radius 1 is 1.75 bits per heavy atom. The van der Waals surface area contributed by atoms with Crippen LogP contribution in [0.1, 0.15) is 19.0 Å². The summed E-state index contributed by atoms with van der Waals surface area (Å²) in [5, 5.41) is 0.510. The first-order valence-corrected chi connectivity index (χ1v) is 5.63. The lowest BCUT2D eigenvalue weighted by Gasteiger charge is -2.08. The first-order chi connectivity index (χ1) is 7.51. The zero-order valence-corrected chi connectivity index (χ0v) is 9.93. The van der Waals surface area contributed by atoms with Gasteiger partial charge in [-0.1, -0.05) is 18.7 Å². The Morgan fingerprint density at radius 2 is 2.44 bits per heavy atom. The molecule has 16 heavy (non-hydrogen) atoms. The number of nitrogens with one attached hydrogen (secondary N) is 2. The Balaban J connectivity index is 2.65. The van der Waals surface area contributed by atoms with E-state index in [4.69, 9.17) is 5.84 Å². The molecule has 6 nitrogen and oxygen atoms in total. The molecular weight excluding hydrogens is 228 g/mol. The lowest BCUT2D eigenvalue weighted by atomic mass is 10.3. The third kappa shape index (κ3) is 4.03. The molecule has 1 unspecified atom stereocenters. The maximum Gasteiger partial charge on any atom is 0.251 e. The number of carbonyl (C=O) groups is 1. The summed E-state index contributed by atoms with van der Waals surface area (Å²) >= 11 is 1.33. The summed E-state index contributed by atoms with van der Waals surface area (Å²) in [4.78, 5) is 28.9. The van der Waals surface area contributed by atoms with Gasteiger partial charge in [-0.15, -0.1) is 0 Å². The Labute approximate surface area is 97.0 Å². The topological polar surface area (TPSA) is 101 Å². The Hall–Kier alpha value is -1.34. The minimum absolute atomic E-state index is 0.00602. The molecule has 88 valence electrons. The van der Waals surface area contributed by atoms with Crippen molar-refractivity contribution in [3.8, 4) is 0 Å². The van der Waals surface area contributed by atoms with Gasteiger partial charge in [0.15, 0.2) is 5.16 Å². The predicted octanol–water partition coefficient (Wildman–Crippen LogP) is -0.0611. The Bertz CT molecular complexity index is 432. The van der Waals surface area contributed by atoms with Gasteiger partial charge in [0.2, 0.25) is 5.91 Å². The number of carbonyl (C=O) groups excluding carboxylic acids is 1. The van der Waals surface area contributed by atoms with E-state index < -0.39 is 0 Å². The molecule has 4 N–H and O–H groups in total. The highest BCUT2D eigenvalue weighted by molar-refractivity contribution is 7.99. The summed E-state index contributed by atoms with van der Waals surface area (Å²) in [5.41, 5.74) is 2.52. The summed E-state index contributed by atoms with van der Waals surface area (Å²) in [6.07, 6.45) is 0.277. The fourth-order valence-corrected chi connectivity index (χ4v) is 2.13. The molecule has 0 fully saturated rings. The average molecular weight is 242 g/mol. The van der Waals surface area contributed by atoms with E-state index in [0.717, 1.165) is 0 Å². The van der Waals surface area contributed by atoms with Crippen LogP contribution in [0.4, 0.5) is 0 Å². The number of thioether (sulfide) groups is 1. The number of hydrogen-bond acceptors (Lipinski definition) is 5. The minimum atomic E-state index is -0.241. The molecule has 0 aliphatic carbocycles. The van der Waals surface area contributed by atoms with E-state index in [2.05, 4.69) is 15.4 Å². The molecule has 1 atom stereocenters. The lowest BCUT2D eigenvalue weighted by Crippen LogP contribution is -2.31. The van der Waals surface area contributed by atoms with E-state index in [1.165, 1.54) is 17.8 Å². The van der Waals surface area contributed by atoms with Crippen molar-refractivity contribution in [2.75, 3.05) is 0 Å². The Morgan fingerprint density at radius 3 is 3.00 bits per heavy atom. The van der Waals surface area contributed by atoms with Gasteiger partial charge in [0.25, 0.3) is 5.56 Å². The molecule has 0 saturated heterocycles. The van der Waals surface area contributed by atoms with Crippen molar-refractivity contribution >= 4 is 17.7 Å². The zero-order valence-electron chi connectivity index (χ0n) is 9.11. The first-order valence-electron chi connectivity index (χ1n) is 4.75. The predicted molar refractivity (Wildman–Crippen MR) is 61.9 cm³/mol. The van der Waals surface area contributed by atoms with Crippen molar-refractivity contribution in [3.05, 3.63) is 22.1 Å². The minimum Gasteiger partial charge on any atom is -0.301 e. The van der Waals surface area contributed by atoms with Crippen LogP contribution in [0, 0.1) is 6.92 Å². The summed E-state index contributed by atoms with van der Waals surface area (Å²) in [7, 11) is 0. The third-order valence-electron chi connectivity index (χ3n) is 1.79. The molecule has 1 aromatic heterocycles. The van der Waals surface area contributed by atoms with Crippen LogP contribution in [0.3, 0.4) is 0 Å². The third-order valence-corrected chi connectivity index (χ3v) is 2.78. The highest BCUT2D eigenvalue weighted by Gasteiger charge is 2.11. The quantitative estimate of drug-likeness (QED) is 0.226. The van der Waals surface area contributed by atoms with E-state index in [0.29, 0.717) is 10.9 Å². The average Bonchev–Trinajstić information content (AvgIpc) is 2.15. The molecule has 0 saturated carbocycles. The number of hydrazine groups is 1. The van der Waals surface area contributed by atoms with Crippen molar-refractivity contribution < 1.29 is 4.79 Å². The molecule has 0 aliphatic rings. The molecule has 0 spiro atoms. The highest BCUT2D eigenvalue weighted by atomic mass is 32.2. The molecule has 1 heterocycles. The van der Waals surface area contributed by atoms with Crippen LogP contribution in [0.2, 0.25) is 0 Å². The number of aromatic amines is 1. The fraction of sp³-hybridized carbons (Fsp3) is 0.444. The van der Waals surface area contributed by atoms with Gasteiger partial charge >= 0.3 is 0 Å². The highest BCUT2D eigenvalue weighted by Crippen LogP contribution is 2.20. The number of aryl methyl sites for hydroxylation is 1. The van der Waals surface area contributed by atoms with Crippen LogP contribution in [0.25, 0.3) is 0 Å². The normalized spacial score (nSPS) is 12.2. The Kier molecular flexibility index (Phi) is 4.51. The summed E-state index contributed by atoms with van der Waals surface area (Å²) in [6, 6.07) is 1.42. The molecule has 1 rings (SSSR count). The van der Waals surface area contributed by atoms with E-state index in [-0.39, 0.29) is 23.1 Å². The van der Waals surface area contributed by atoms with Crippen molar-refractivity contribution in [1.29, 1.82) is 0 Å². The summed E-state index contributed by atoms with van der Waals surface area (Å²) in [5.74, 6) is 4.74. The molecule has 0 aromatic carbocycles. The van der Waals surface area contributed by atoms with E-state index in [1.54, 1.807) is 6.92 Å². The number of aromatic nitrogens is 2. The van der Waals surface area contributed by atoms with Crippen LogP contribution < -0.4 is 16.8 Å². The maximum absolute atomic E-state index is 11.2. The van der Waals surface area contributed by atoms with E-state index in [1.807, 2.05) is 6.92 Å². The maximum atomic E-state index is 11.2. The van der Waals surface area contributed by atoms with Crippen LogP contribution in [0.5, 0.6) is 0 Å². The standard InChI is InChI=1S/C9H14N4O2S/c1-5-3-7(14)12-9(11-5)16-6(2)4-8(15)13-10/h3,6H,4,10H2,1-2H3,(H,13,15)(H,11,12,14). The number of H-pyrrole nitrogens is 1. The van der Waals surface area contributed by atoms with Gasteiger partial charge in [0, 0.05) is 23.4 Å². The van der Waals surface area contributed by atoms with Gasteiger partial charge in [0.05, 0.1) is 0 Å². The van der Waals surface area contributed by atoms with Crippen LogP contribution in [-0.4, -0.2) is 21.1 Å². The molecule has 0 aliphatic heterocycles. The van der Waals surface area contributed by atoms with Gasteiger partial charge in [-0.3, -0.25) is 15.0 Å². The number of nitrogens with two attached hydrogens (primary N) is 1. The van der Waals surface area contributed by atoms with Gasteiger partial charge in [-0.05, 0) is 6.92 Å². The largest absolute Gasteiger partial charge is 0.301 e. The summed E-state index contributed by atoms with van der Waals surface area (Å²) in [6.45, 7) is 3.61. The van der Waals surface area contributed by atoms with Crippen molar-refractivity contribution in [3.63, 3.8) is 0 Å². The number of hydrogen-bond donors (Lipinski definition) is 3. The van der Waals surface area contributed by atoms with Gasteiger partial charge in [-0.2, -0.15) is 0 Å². The number of rotatable bonds is 4. The van der Waals surface area contributed by atoms with Crippen LogP contribution in [-0.2, 0) is 4.79 Å². The number of amides is 1. The second-order valence-electron chi connectivity index (χ2n) is 3.39. The summed E-state index contributed by atoms with van der Waals surface area (Å²) < 4.78 is 0. The van der Waals surface area contributed by atoms with Crippen molar-refractivity contribution in [2.24, 2.45) is 5.84 Å². The second kappa shape index (κ2) is 5.66. The van der Waals surface area contributed by atoms with Gasteiger partial charge in [0.1, 0.15) is 0 Å². The molecule has 1 amide bonds. The molecular formula is C9H14N4O2S. The van der Waals surface area contributed by atoms with Crippen molar-refractivity contribution in [1.82, 2.24) is 15.4 Å². The van der Waals surface area contributed by atoms with E-state index >= 15 is 0 Å². The van der Waals surface area contributed by atoms with Gasteiger partial charge < -0.3 is 4.98 Å². The fourth-order valence-electron chi connectivity index (χ4n) is 1.16. The molecule has 7 heteroatoms. The first kappa shape index (κ1) is 12.7. The molecule has 1 aromatic rings. The van der Waals surface area contributed by atoms with Gasteiger partial charge in [-0.25, -0.2) is 10.8 Å². The number of nitrogens with zero attached hydrogens (tertiary/aromatic N) is 1. The van der Waals surface area contributed by atoms with Crippen molar-refractivity contribution in [2.45, 2.75) is 30.7 Å². The zero-order chi connectivity index (χ0) is 12.1. The van der Waals surface area contributed by atoms with E-state index in [9.17, 15) is 9.59 Å².